The van der Waals surface area contributed by atoms with Gasteiger partial charge in [0.1, 0.15) is 0 Å². The predicted octanol–water partition coefficient (Wildman–Crippen LogP) is 4.44. The lowest BCUT2D eigenvalue weighted by molar-refractivity contribution is 0.672. The van der Waals surface area contributed by atoms with Crippen molar-refractivity contribution in [1.82, 2.24) is 25.0 Å². The molecule has 0 amide bonds. The van der Waals surface area contributed by atoms with E-state index in [0.717, 1.165) is 53.2 Å². The standard InChI is InChI=1S/C21H23N5/c1-4-7-20-22-21(16-10-11-19-18(12-16)15(3)23-24-19)26(25-20)13-17-9-6-5-8-14(17)2/h5-6,8-12H,4,7,13H2,1-3H3,(H,23,24). The zero-order valence-corrected chi connectivity index (χ0v) is 15.5. The minimum absolute atomic E-state index is 0.723. The van der Waals surface area contributed by atoms with Gasteiger partial charge in [-0.1, -0.05) is 31.2 Å². The smallest absolute Gasteiger partial charge is 0.158 e. The summed E-state index contributed by atoms with van der Waals surface area (Å²) < 4.78 is 2.03. The number of hydrogen-bond donors (Lipinski definition) is 1. The summed E-state index contributed by atoms with van der Waals surface area (Å²) in [5.74, 6) is 1.82. The summed E-state index contributed by atoms with van der Waals surface area (Å²) in [5.41, 5.74) is 5.66. The molecule has 0 radical (unpaired) electrons. The van der Waals surface area contributed by atoms with Gasteiger partial charge in [-0.25, -0.2) is 9.67 Å². The Labute approximate surface area is 153 Å². The first-order chi connectivity index (χ1) is 12.7. The van der Waals surface area contributed by atoms with E-state index < -0.39 is 0 Å². The summed E-state index contributed by atoms with van der Waals surface area (Å²) in [6, 6.07) is 14.7. The number of hydrogen-bond acceptors (Lipinski definition) is 3. The van der Waals surface area contributed by atoms with Crippen molar-refractivity contribution in [3.63, 3.8) is 0 Å². The Morgan fingerprint density at radius 3 is 2.73 bits per heavy atom. The Balaban J connectivity index is 1.80. The highest BCUT2D eigenvalue weighted by Crippen LogP contribution is 2.25. The lowest BCUT2D eigenvalue weighted by Crippen LogP contribution is -2.06. The van der Waals surface area contributed by atoms with Crippen molar-refractivity contribution in [2.45, 2.75) is 40.2 Å². The fraction of sp³-hybridized carbons (Fsp3) is 0.286. The van der Waals surface area contributed by atoms with E-state index in [-0.39, 0.29) is 0 Å². The van der Waals surface area contributed by atoms with Crippen LogP contribution >= 0.6 is 0 Å². The summed E-state index contributed by atoms with van der Waals surface area (Å²) in [5, 5.41) is 13.3. The second kappa shape index (κ2) is 6.75. The molecule has 0 fully saturated rings. The fourth-order valence-electron chi connectivity index (χ4n) is 3.27. The molecule has 4 rings (SSSR count). The van der Waals surface area contributed by atoms with Crippen molar-refractivity contribution in [3.05, 3.63) is 65.1 Å². The average Bonchev–Trinajstić information content (AvgIpc) is 3.21. The third-order valence-corrected chi connectivity index (χ3v) is 4.77. The summed E-state index contributed by atoms with van der Waals surface area (Å²) in [7, 11) is 0. The molecule has 4 aromatic rings. The van der Waals surface area contributed by atoms with Crippen molar-refractivity contribution in [1.29, 1.82) is 0 Å². The molecule has 0 spiro atoms. The number of H-pyrrole nitrogens is 1. The SMILES string of the molecule is CCCc1nc(-c2ccc3n[nH]c(C)c3c2)n(Cc2ccccc2C)n1. The van der Waals surface area contributed by atoms with Crippen molar-refractivity contribution in [3.8, 4) is 11.4 Å². The third-order valence-electron chi connectivity index (χ3n) is 4.77. The van der Waals surface area contributed by atoms with Crippen LogP contribution < -0.4 is 0 Å². The lowest BCUT2D eigenvalue weighted by atomic mass is 10.1. The number of aromatic nitrogens is 5. The number of nitrogens with zero attached hydrogens (tertiary/aromatic N) is 4. The average molecular weight is 345 g/mol. The molecule has 2 heterocycles. The summed E-state index contributed by atoms with van der Waals surface area (Å²) >= 11 is 0. The molecular formula is C21H23N5. The second-order valence-corrected chi connectivity index (χ2v) is 6.77. The highest BCUT2D eigenvalue weighted by atomic mass is 15.3. The van der Waals surface area contributed by atoms with Gasteiger partial charge in [-0.15, -0.1) is 0 Å². The molecule has 2 aromatic heterocycles. The van der Waals surface area contributed by atoms with E-state index in [1.165, 1.54) is 11.1 Å². The van der Waals surface area contributed by atoms with E-state index in [4.69, 9.17) is 10.1 Å². The Hall–Kier alpha value is -2.95. The number of nitrogens with one attached hydrogen (secondary N) is 1. The zero-order valence-electron chi connectivity index (χ0n) is 15.5. The molecule has 132 valence electrons. The molecule has 0 saturated heterocycles. The van der Waals surface area contributed by atoms with Gasteiger partial charge in [-0.2, -0.15) is 10.2 Å². The van der Waals surface area contributed by atoms with E-state index in [2.05, 4.69) is 60.4 Å². The number of benzene rings is 2. The van der Waals surface area contributed by atoms with Crippen LogP contribution in [0.5, 0.6) is 0 Å². The molecule has 1 N–H and O–H groups in total. The number of aryl methyl sites for hydroxylation is 3. The quantitative estimate of drug-likeness (QED) is 0.582. The van der Waals surface area contributed by atoms with Crippen LogP contribution in [0.2, 0.25) is 0 Å². The van der Waals surface area contributed by atoms with Gasteiger partial charge < -0.3 is 0 Å². The zero-order chi connectivity index (χ0) is 18.1. The molecule has 0 atom stereocenters. The maximum atomic E-state index is 4.84. The van der Waals surface area contributed by atoms with Crippen LogP contribution in [0.25, 0.3) is 22.3 Å². The van der Waals surface area contributed by atoms with E-state index in [9.17, 15) is 0 Å². The van der Waals surface area contributed by atoms with Gasteiger partial charge in [0.15, 0.2) is 11.6 Å². The first-order valence-corrected chi connectivity index (χ1v) is 9.09. The van der Waals surface area contributed by atoms with Crippen molar-refractivity contribution in [2.75, 3.05) is 0 Å². The largest absolute Gasteiger partial charge is 0.282 e. The van der Waals surface area contributed by atoms with Crippen LogP contribution in [-0.2, 0) is 13.0 Å². The molecule has 0 aliphatic carbocycles. The van der Waals surface area contributed by atoms with Gasteiger partial charge >= 0.3 is 0 Å². The van der Waals surface area contributed by atoms with Gasteiger partial charge in [0.05, 0.1) is 12.1 Å². The monoisotopic (exact) mass is 345 g/mol. The summed E-state index contributed by atoms with van der Waals surface area (Å²) in [4.78, 5) is 4.84. The Morgan fingerprint density at radius 1 is 1.08 bits per heavy atom. The first-order valence-electron chi connectivity index (χ1n) is 9.09. The number of rotatable bonds is 5. The molecular weight excluding hydrogens is 322 g/mol. The lowest BCUT2D eigenvalue weighted by Gasteiger charge is -2.09. The third kappa shape index (κ3) is 3.01. The molecule has 5 nitrogen and oxygen atoms in total. The van der Waals surface area contributed by atoms with Gasteiger partial charge in [-0.3, -0.25) is 5.10 Å². The van der Waals surface area contributed by atoms with Crippen molar-refractivity contribution in [2.24, 2.45) is 0 Å². The van der Waals surface area contributed by atoms with E-state index in [1.807, 2.05) is 17.7 Å². The van der Waals surface area contributed by atoms with E-state index in [0.29, 0.717) is 0 Å². The van der Waals surface area contributed by atoms with E-state index >= 15 is 0 Å². The Kier molecular flexibility index (Phi) is 4.29. The van der Waals surface area contributed by atoms with Crippen LogP contribution in [0.3, 0.4) is 0 Å². The molecule has 0 aliphatic heterocycles. The summed E-state index contributed by atoms with van der Waals surface area (Å²) in [6.45, 7) is 7.06. The highest BCUT2D eigenvalue weighted by Gasteiger charge is 2.14. The molecule has 5 heteroatoms. The fourth-order valence-corrected chi connectivity index (χ4v) is 3.27. The van der Waals surface area contributed by atoms with Crippen LogP contribution in [0.15, 0.2) is 42.5 Å². The molecule has 26 heavy (non-hydrogen) atoms. The molecule has 0 unspecified atom stereocenters. The van der Waals surface area contributed by atoms with Crippen LogP contribution in [0, 0.1) is 13.8 Å². The van der Waals surface area contributed by atoms with Crippen LogP contribution in [-0.4, -0.2) is 25.0 Å². The molecule has 2 aromatic carbocycles. The topological polar surface area (TPSA) is 59.4 Å². The molecule has 0 aliphatic rings. The second-order valence-electron chi connectivity index (χ2n) is 6.77. The van der Waals surface area contributed by atoms with Crippen LogP contribution in [0.1, 0.15) is 36.0 Å². The molecule has 0 saturated carbocycles. The van der Waals surface area contributed by atoms with Gasteiger partial charge in [0.2, 0.25) is 0 Å². The van der Waals surface area contributed by atoms with Crippen molar-refractivity contribution < 1.29 is 0 Å². The number of aromatic amines is 1. The van der Waals surface area contributed by atoms with Gasteiger partial charge in [-0.05, 0) is 49.6 Å². The highest BCUT2D eigenvalue weighted by molar-refractivity contribution is 5.85. The van der Waals surface area contributed by atoms with Crippen LogP contribution in [0.4, 0.5) is 0 Å². The maximum absolute atomic E-state index is 4.84. The Bertz CT molecular complexity index is 1060. The normalized spacial score (nSPS) is 11.3. The minimum atomic E-state index is 0.723. The van der Waals surface area contributed by atoms with E-state index in [1.54, 1.807) is 0 Å². The summed E-state index contributed by atoms with van der Waals surface area (Å²) in [6.07, 6.45) is 1.93. The van der Waals surface area contributed by atoms with Gasteiger partial charge in [0, 0.05) is 23.1 Å². The Morgan fingerprint density at radius 2 is 1.92 bits per heavy atom. The maximum Gasteiger partial charge on any atom is 0.158 e. The predicted molar refractivity (Wildman–Crippen MR) is 104 cm³/mol. The first kappa shape index (κ1) is 16.5. The molecule has 0 bridgehead atoms. The minimum Gasteiger partial charge on any atom is -0.282 e. The number of fused-ring (bicyclic) bond motifs is 1. The van der Waals surface area contributed by atoms with Crippen molar-refractivity contribution >= 4 is 10.9 Å². The van der Waals surface area contributed by atoms with Gasteiger partial charge in [0.25, 0.3) is 0 Å².